The van der Waals surface area contributed by atoms with Crippen LogP contribution in [-0.2, 0) is 0 Å². The van der Waals surface area contributed by atoms with Gasteiger partial charge in [0.1, 0.15) is 0 Å². The normalized spacial score (nSPS) is 18.0. The maximum absolute atomic E-state index is 13.0. The van der Waals surface area contributed by atoms with E-state index in [1.165, 1.54) is 4.88 Å². The molecule has 3 aromatic heterocycles. The third-order valence-electron chi connectivity index (χ3n) is 4.42. The van der Waals surface area contributed by atoms with Crippen LogP contribution in [-0.4, -0.2) is 31.9 Å². The van der Waals surface area contributed by atoms with E-state index < -0.39 is 0 Å². The van der Waals surface area contributed by atoms with Crippen LogP contribution in [0.2, 0.25) is 0 Å². The van der Waals surface area contributed by atoms with Crippen molar-refractivity contribution in [3.63, 3.8) is 0 Å². The van der Waals surface area contributed by atoms with Crippen LogP contribution < -0.4 is 0 Å². The zero-order valence-electron chi connectivity index (χ0n) is 13.2. The van der Waals surface area contributed by atoms with E-state index in [1.807, 2.05) is 53.6 Å². The van der Waals surface area contributed by atoms with Gasteiger partial charge in [-0.2, -0.15) is 0 Å². The first-order chi connectivity index (χ1) is 11.1. The van der Waals surface area contributed by atoms with E-state index in [2.05, 4.69) is 10.2 Å². The molecule has 4 rings (SSSR count). The molecule has 1 saturated heterocycles. The van der Waals surface area contributed by atoms with Gasteiger partial charge >= 0.3 is 0 Å². The minimum absolute atomic E-state index is 0.000457. The Bertz CT molecular complexity index is 882. The molecule has 1 amide bonds. The molecular formula is C17H18N4OS. The number of aryl methyl sites for hydroxylation is 2. The molecule has 6 heteroatoms. The van der Waals surface area contributed by atoms with Crippen molar-refractivity contribution in [1.82, 2.24) is 19.5 Å². The quantitative estimate of drug-likeness (QED) is 0.725. The van der Waals surface area contributed by atoms with Crippen LogP contribution in [0, 0.1) is 13.8 Å². The third-order valence-corrected chi connectivity index (χ3v) is 5.39. The molecule has 0 unspecified atom stereocenters. The number of nitrogens with zero attached hydrogens (tertiary/aromatic N) is 4. The summed E-state index contributed by atoms with van der Waals surface area (Å²) in [5, 5.41) is 8.58. The van der Waals surface area contributed by atoms with Crippen LogP contribution in [0.15, 0.2) is 30.5 Å². The Morgan fingerprint density at radius 2 is 2.17 bits per heavy atom. The molecule has 0 aromatic carbocycles. The minimum Gasteiger partial charge on any atom is -0.328 e. The molecule has 1 atom stereocenters. The summed E-state index contributed by atoms with van der Waals surface area (Å²) in [6.45, 7) is 4.84. The predicted molar refractivity (Wildman–Crippen MR) is 89.8 cm³/mol. The van der Waals surface area contributed by atoms with E-state index in [4.69, 9.17) is 0 Å². The molecule has 0 bridgehead atoms. The Balaban J connectivity index is 1.72. The monoisotopic (exact) mass is 326 g/mol. The molecule has 1 aliphatic rings. The molecule has 0 aliphatic carbocycles. The second kappa shape index (κ2) is 5.45. The van der Waals surface area contributed by atoms with Crippen molar-refractivity contribution in [2.75, 3.05) is 6.54 Å². The van der Waals surface area contributed by atoms with Gasteiger partial charge < -0.3 is 4.90 Å². The summed E-state index contributed by atoms with van der Waals surface area (Å²) in [4.78, 5) is 17.2. The topological polar surface area (TPSA) is 50.5 Å². The Labute approximate surface area is 138 Å². The molecule has 23 heavy (non-hydrogen) atoms. The lowest BCUT2D eigenvalue weighted by Crippen LogP contribution is -2.31. The van der Waals surface area contributed by atoms with Crippen LogP contribution in [0.5, 0.6) is 0 Å². The van der Waals surface area contributed by atoms with Crippen LogP contribution in [0.25, 0.3) is 5.65 Å². The molecule has 3 aromatic rings. The number of likely N-dealkylation sites (tertiary alicyclic amines) is 1. The highest BCUT2D eigenvalue weighted by atomic mass is 32.1. The van der Waals surface area contributed by atoms with E-state index in [0.29, 0.717) is 0 Å². The minimum atomic E-state index is -0.000457. The summed E-state index contributed by atoms with van der Waals surface area (Å²) < 4.78 is 1.99. The molecule has 118 valence electrons. The van der Waals surface area contributed by atoms with Gasteiger partial charge in [-0.15, -0.1) is 21.5 Å². The number of hydrogen-bond donors (Lipinski definition) is 0. The first kappa shape index (κ1) is 14.4. The van der Waals surface area contributed by atoms with Crippen molar-refractivity contribution >= 4 is 22.9 Å². The van der Waals surface area contributed by atoms with Crippen LogP contribution in [0.4, 0.5) is 0 Å². The van der Waals surface area contributed by atoms with Gasteiger partial charge in [0.05, 0.1) is 11.6 Å². The number of carbonyl (C=O) groups excluding carboxylic acids is 1. The fourth-order valence-corrected chi connectivity index (χ4v) is 4.28. The zero-order chi connectivity index (χ0) is 16.0. The second-order valence-electron chi connectivity index (χ2n) is 5.97. The number of carbonyl (C=O) groups is 1. The highest BCUT2D eigenvalue weighted by Crippen LogP contribution is 2.34. The highest BCUT2D eigenvalue weighted by molar-refractivity contribution is 7.12. The van der Waals surface area contributed by atoms with Crippen molar-refractivity contribution in [3.05, 3.63) is 51.6 Å². The molecule has 0 radical (unpaired) electrons. The highest BCUT2D eigenvalue weighted by Gasteiger charge is 2.34. The van der Waals surface area contributed by atoms with Gasteiger partial charge in [-0.05, 0) is 44.9 Å². The van der Waals surface area contributed by atoms with Crippen molar-refractivity contribution in [3.8, 4) is 0 Å². The lowest BCUT2D eigenvalue weighted by Gasteiger charge is -2.23. The zero-order valence-corrected chi connectivity index (χ0v) is 14.0. The van der Waals surface area contributed by atoms with Gasteiger partial charge in [0.2, 0.25) is 0 Å². The van der Waals surface area contributed by atoms with Crippen molar-refractivity contribution in [1.29, 1.82) is 0 Å². The number of aromatic nitrogens is 3. The molecule has 5 nitrogen and oxygen atoms in total. The molecule has 4 heterocycles. The summed E-state index contributed by atoms with van der Waals surface area (Å²) in [6.07, 6.45) is 3.90. The van der Waals surface area contributed by atoms with Gasteiger partial charge in [-0.25, -0.2) is 0 Å². The first-order valence-electron chi connectivity index (χ1n) is 7.83. The third kappa shape index (κ3) is 2.34. The van der Waals surface area contributed by atoms with Crippen molar-refractivity contribution in [2.24, 2.45) is 0 Å². The Morgan fingerprint density at radius 3 is 2.96 bits per heavy atom. The second-order valence-corrected chi connectivity index (χ2v) is 7.43. The summed E-state index contributed by atoms with van der Waals surface area (Å²) in [7, 11) is 0. The average molecular weight is 326 g/mol. The number of pyridine rings is 1. The molecule has 0 N–H and O–H groups in total. The number of thiophene rings is 1. The van der Waals surface area contributed by atoms with Crippen molar-refractivity contribution < 1.29 is 4.79 Å². The largest absolute Gasteiger partial charge is 0.328 e. The maximum atomic E-state index is 13.0. The van der Waals surface area contributed by atoms with Gasteiger partial charge in [0.25, 0.3) is 5.91 Å². The lowest BCUT2D eigenvalue weighted by atomic mass is 10.1. The van der Waals surface area contributed by atoms with E-state index >= 15 is 0 Å². The van der Waals surface area contributed by atoms with E-state index in [-0.39, 0.29) is 11.9 Å². The summed E-state index contributed by atoms with van der Waals surface area (Å²) in [5.41, 5.74) is 1.65. The summed E-state index contributed by atoms with van der Waals surface area (Å²) >= 11 is 1.68. The Kier molecular flexibility index (Phi) is 3.41. The van der Waals surface area contributed by atoms with Gasteiger partial charge in [-0.1, -0.05) is 6.07 Å². The van der Waals surface area contributed by atoms with E-state index in [9.17, 15) is 4.79 Å². The predicted octanol–water partition coefficient (Wildman–Crippen LogP) is 3.38. The summed E-state index contributed by atoms with van der Waals surface area (Å²) in [5.74, 6) is 0.970. The molecule has 1 fully saturated rings. The molecule has 0 saturated carbocycles. The van der Waals surface area contributed by atoms with Gasteiger partial charge in [0.15, 0.2) is 11.5 Å². The van der Waals surface area contributed by atoms with E-state index in [1.54, 1.807) is 11.3 Å². The molecule has 0 spiro atoms. The van der Waals surface area contributed by atoms with E-state index in [0.717, 1.165) is 41.3 Å². The summed E-state index contributed by atoms with van der Waals surface area (Å²) in [6, 6.07) is 7.85. The number of amides is 1. The standard InChI is InChI=1S/C17H18N4OS/c1-11-10-13(12(2)23-11)17(22)20-9-5-6-14(20)16-19-18-15-7-3-4-8-21(15)16/h3-4,7-8,10,14H,5-6,9H2,1-2H3/t14-/m1/s1. The average Bonchev–Trinajstić information content (AvgIpc) is 3.24. The fraction of sp³-hybridized carbons (Fsp3) is 0.353. The van der Waals surface area contributed by atoms with Gasteiger partial charge in [-0.3, -0.25) is 9.20 Å². The lowest BCUT2D eigenvalue weighted by molar-refractivity contribution is 0.0729. The maximum Gasteiger partial charge on any atom is 0.255 e. The van der Waals surface area contributed by atoms with Crippen LogP contribution in [0.1, 0.15) is 44.8 Å². The SMILES string of the molecule is Cc1cc(C(=O)N2CCC[C@@H]2c2nnc3ccccn23)c(C)s1. The van der Waals surface area contributed by atoms with Gasteiger partial charge in [0, 0.05) is 22.5 Å². The Hall–Kier alpha value is -2.21. The Morgan fingerprint density at radius 1 is 1.30 bits per heavy atom. The van der Waals surface area contributed by atoms with Crippen LogP contribution >= 0.6 is 11.3 Å². The van der Waals surface area contributed by atoms with Crippen LogP contribution in [0.3, 0.4) is 0 Å². The first-order valence-corrected chi connectivity index (χ1v) is 8.64. The molecule has 1 aliphatic heterocycles. The van der Waals surface area contributed by atoms with Crippen molar-refractivity contribution in [2.45, 2.75) is 32.7 Å². The smallest absolute Gasteiger partial charge is 0.255 e. The number of hydrogen-bond acceptors (Lipinski definition) is 4. The fourth-order valence-electron chi connectivity index (χ4n) is 3.36. The number of rotatable bonds is 2. The number of fused-ring (bicyclic) bond motifs is 1. The molecular weight excluding hydrogens is 308 g/mol.